The number of carboxylic acid groups (broad SMARTS) is 1. The van der Waals surface area contributed by atoms with Crippen LogP contribution >= 0.6 is 0 Å². The summed E-state index contributed by atoms with van der Waals surface area (Å²) < 4.78 is 4.83. The van der Waals surface area contributed by atoms with Crippen LogP contribution in [0, 0.1) is 5.41 Å². The normalized spacial score (nSPS) is 12.6. The lowest BCUT2D eigenvalue weighted by molar-refractivity contribution is -0.142. The van der Waals surface area contributed by atoms with Gasteiger partial charge in [0.15, 0.2) is 0 Å². The minimum Gasteiger partial charge on any atom is -0.480 e. The van der Waals surface area contributed by atoms with Crippen molar-refractivity contribution in [2.24, 2.45) is 5.41 Å². The number of carbonyl (C=O) groups is 3. The average molecular weight is 288 g/mol. The van der Waals surface area contributed by atoms with Crippen LogP contribution < -0.4 is 10.6 Å². The maximum atomic E-state index is 11.6. The Balaban J connectivity index is 4.20. The van der Waals surface area contributed by atoms with E-state index in [1.54, 1.807) is 20.8 Å². The van der Waals surface area contributed by atoms with E-state index in [1.807, 2.05) is 0 Å². The smallest absolute Gasteiger partial charge is 0.326 e. The van der Waals surface area contributed by atoms with Gasteiger partial charge in [-0.2, -0.15) is 0 Å². The molecule has 0 rings (SSSR count). The molecule has 7 nitrogen and oxygen atoms in total. The van der Waals surface area contributed by atoms with Crippen molar-refractivity contribution < 1.29 is 24.2 Å². The summed E-state index contributed by atoms with van der Waals surface area (Å²) in [6.07, 6.45) is 0.810. The number of carboxylic acids is 1. The molecule has 0 aromatic heterocycles. The number of hydrogen-bond acceptors (Lipinski definition) is 4. The fraction of sp³-hybridized carbons (Fsp3) is 0.769. The van der Waals surface area contributed by atoms with Crippen LogP contribution in [-0.2, 0) is 19.1 Å². The number of methoxy groups -OCH3 is 1. The summed E-state index contributed by atoms with van der Waals surface area (Å²) in [6.45, 7) is 5.38. The molecule has 3 N–H and O–H groups in total. The molecule has 1 atom stereocenters. The molecule has 0 aliphatic carbocycles. The van der Waals surface area contributed by atoms with Gasteiger partial charge in [0.2, 0.25) is 11.8 Å². The van der Waals surface area contributed by atoms with Gasteiger partial charge in [-0.1, -0.05) is 20.8 Å². The molecular formula is C13H24N2O5. The standard InChI is InChI=1S/C13H24N2O5/c1-13(2,3)12(19)14-8-10(16)15-9(11(17)18)6-5-7-20-4/h9H,5-8H2,1-4H3,(H,14,19)(H,15,16)(H,17,18). The van der Waals surface area contributed by atoms with Crippen LogP contribution in [0.25, 0.3) is 0 Å². The molecule has 20 heavy (non-hydrogen) atoms. The van der Waals surface area contributed by atoms with E-state index in [0.717, 1.165) is 0 Å². The third-order valence-corrected chi connectivity index (χ3v) is 2.57. The van der Waals surface area contributed by atoms with E-state index in [-0.39, 0.29) is 18.9 Å². The Kier molecular flexibility index (Phi) is 7.83. The number of carbonyl (C=O) groups excluding carboxylic acids is 2. The fourth-order valence-corrected chi connectivity index (χ4v) is 1.36. The Morgan fingerprint density at radius 3 is 2.30 bits per heavy atom. The predicted molar refractivity (Wildman–Crippen MR) is 73.1 cm³/mol. The van der Waals surface area contributed by atoms with E-state index in [2.05, 4.69) is 10.6 Å². The van der Waals surface area contributed by atoms with E-state index < -0.39 is 23.3 Å². The Bertz CT molecular complexity index is 349. The average Bonchev–Trinajstić information content (AvgIpc) is 2.33. The van der Waals surface area contributed by atoms with E-state index in [9.17, 15) is 14.4 Å². The minimum absolute atomic E-state index is 0.232. The second-order valence-electron chi connectivity index (χ2n) is 5.53. The van der Waals surface area contributed by atoms with E-state index >= 15 is 0 Å². The number of nitrogens with one attached hydrogen (secondary N) is 2. The van der Waals surface area contributed by atoms with Gasteiger partial charge in [-0.05, 0) is 12.8 Å². The van der Waals surface area contributed by atoms with Crippen molar-refractivity contribution >= 4 is 17.8 Å². The highest BCUT2D eigenvalue weighted by Gasteiger charge is 2.23. The second kappa shape index (κ2) is 8.52. The van der Waals surface area contributed by atoms with Gasteiger partial charge >= 0.3 is 5.97 Å². The molecular weight excluding hydrogens is 264 g/mol. The summed E-state index contributed by atoms with van der Waals surface area (Å²) in [5.41, 5.74) is -0.592. The first-order valence-corrected chi connectivity index (χ1v) is 6.48. The molecule has 0 saturated heterocycles. The Hall–Kier alpha value is -1.63. The summed E-state index contributed by atoms with van der Waals surface area (Å²) >= 11 is 0. The highest BCUT2D eigenvalue weighted by atomic mass is 16.5. The topological polar surface area (TPSA) is 105 Å². The van der Waals surface area contributed by atoms with Gasteiger partial charge in [-0.3, -0.25) is 9.59 Å². The summed E-state index contributed by atoms with van der Waals surface area (Å²) in [7, 11) is 1.52. The minimum atomic E-state index is -1.10. The Labute approximate surface area is 119 Å². The largest absolute Gasteiger partial charge is 0.480 e. The molecule has 0 bridgehead atoms. The zero-order chi connectivity index (χ0) is 15.8. The molecule has 1 unspecified atom stereocenters. The fourth-order valence-electron chi connectivity index (χ4n) is 1.36. The summed E-state index contributed by atoms with van der Waals surface area (Å²) in [5.74, 6) is -1.89. The molecule has 0 fully saturated rings. The van der Waals surface area contributed by atoms with Crippen molar-refractivity contribution in [2.75, 3.05) is 20.3 Å². The van der Waals surface area contributed by atoms with Crippen LogP contribution in [0.1, 0.15) is 33.6 Å². The van der Waals surface area contributed by atoms with Crippen LogP contribution in [0.4, 0.5) is 0 Å². The van der Waals surface area contributed by atoms with E-state index in [0.29, 0.717) is 13.0 Å². The first-order valence-electron chi connectivity index (χ1n) is 6.48. The molecule has 0 heterocycles. The van der Waals surface area contributed by atoms with Crippen molar-refractivity contribution in [3.8, 4) is 0 Å². The predicted octanol–water partition coefficient (Wildman–Crippen LogP) is 0.145. The number of aliphatic carboxylic acids is 1. The number of ether oxygens (including phenoxy) is 1. The van der Waals surface area contributed by atoms with Crippen molar-refractivity contribution in [2.45, 2.75) is 39.7 Å². The van der Waals surface area contributed by atoms with Crippen LogP contribution in [0.3, 0.4) is 0 Å². The van der Waals surface area contributed by atoms with Crippen LogP contribution in [0.15, 0.2) is 0 Å². The molecule has 0 aromatic rings. The van der Waals surface area contributed by atoms with E-state index in [4.69, 9.17) is 9.84 Å². The van der Waals surface area contributed by atoms with Crippen molar-refractivity contribution in [3.05, 3.63) is 0 Å². The van der Waals surface area contributed by atoms with Gasteiger partial charge in [0, 0.05) is 19.1 Å². The molecule has 0 saturated carbocycles. The third-order valence-electron chi connectivity index (χ3n) is 2.57. The summed E-state index contributed by atoms with van der Waals surface area (Å²) in [4.78, 5) is 34.2. The van der Waals surface area contributed by atoms with E-state index in [1.165, 1.54) is 7.11 Å². The van der Waals surface area contributed by atoms with Crippen molar-refractivity contribution in [1.82, 2.24) is 10.6 Å². The maximum Gasteiger partial charge on any atom is 0.326 e. The van der Waals surface area contributed by atoms with Crippen molar-refractivity contribution in [3.63, 3.8) is 0 Å². The van der Waals surface area contributed by atoms with Crippen LogP contribution in [0.2, 0.25) is 0 Å². The zero-order valence-corrected chi connectivity index (χ0v) is 12.5. The maximum absolute atomic E-state index is 11.6. The van der Waals surface area contributed by atoms with Gasteiger partial charge < -0.3 is 20.5 Å². The highest BCUT2D eigenvalue weighted by molar-refractivity contribution is 5.89. The quantitative estimate of drug-likeness (QED) is 0.551. The van der Waals surface area contributed by atoms with Gasteiger partial charge in [0.1, 0.15) is 6.04 Å². The molecule has 0 aromatic carbocycles. The first kappa shape index (κ1) is 18.4. The van der Waals surface area contributed by atoms with Crippen LogP contribution in [-0.4, -0.2) is 49.2 Å². The van der Waals surface area contributed by atoms with Crippen LogP contribution in [0.5, 0.6) is 0 Å². The highest BCUT2D eigenvalue weighted by Crippen LogP contribution is 2.11. The molecule has 0 aliphatic rings. The number of hydrogen-bond donors (Lipinski definition) is 3. The molecule has 7 heteroatoms. The lowest BCUT2D eigenvalue weighted by Gasteiger charge is -2.18. The monoisotopic (exact) mass is 288 g/mol. The second-order valence-corrected chi connectivity index (χ2v) is 5.53. The molecule has 0 radical (unpaired) electrons. The summed E-state index contributed by atoms with van der Waals surface area (Å²) in [6, 6.07) is -0.968. The first-order chi connectivity index (χ1) is 9.18. The lowest BCUT2D eigenvalue weighted by Crippen LogP contribution is -2.47. The third kappa shape index (κ3) is 7.73. The molecule has 0 spiro atoms. The lowest BCUT2D eigenvalue weighted by atomic mass is 9.96. The Morgan fingerprint density at radius 2 is 1.85 bits per heavy atom. The zero-order valence-electron chi connectivity index (χ0n) is 12.5. The summed E-state index contributed by atoms with van der Waals surface area (Å²) in [5, 5.41) is 13.8. The molecule has 116 valence electrons. The van der Waals surface area contributed by atoms with Gasteiger partial charge in [0.25, 0.3) is 0 Å². The Morgan fingerprint density at radius 1 is 1.25 bits per heavy atom. The van der Waals surface area contributed by atoms with Gasteiger partial charge in [0.05, 0.1) is 6.54 Å². The number of amides is 2. The molecule has 0 aliphatic heterocycles. The van der Waals surface area contributed by atoms with Crippen molar-refractivity contribution in [1.29, 1.82) is 0 Å². The van der Waals surface area contributed by atoms with Gasteiger partial charge in [-0.25, -0.2) is 4.79 Å². The molecule has 2 amide bonds. The SMILES string of the molecule is COCCCC(NC(=O)CNC(=O)C(C)(C)C)C(=O)O. The number of rotatable bonds is 8. The van der Waals surface area contributed by atoms with Gasteiger partial charge in [-0.15, -0.1) is 0 Å².